The Balaban J connectivity index is 1.95. The lowest BCUT2D eigenvalue weighted by Crippen LogP contribution is -2.38. The summed E-state index contributed by atoms with van der Waals surface area (Å²) in [5.74, 6) is -1.56. The van der Waals surface area contributed by atoms with Gasteiger partial charge in [-0.3, -0.25) is 9.59 Å². The van der Waals surface area contributed by atoms with E-state index in [2.05, 4.69) is 20.9 Å². The average Bonchev–Trinajstić information content (AvgIpc) is 2.50. The lowest BCUT2D eigenvalue weighted by atomic mass is 10.00. The Morgan fingerprint density at radius 3 is 2.83 bits per heavy atom. The monoisotopic (exact) mass is 400 g/mol. The van der Waals surface area contributed by atoms with Crippen LogP contribution in [0.5, 0.6) is 5.75 Å². The van der Waals surface area contributed by atoms with Crippen LogP contribution in [0.4, 0.5) is 4.39 Å². The van der Waals surface area contributed by atoms with Crippen LogP contribution in [0.25, 0.3) is 0 Å². The second kappa shape index (κ2) is 5.98. The number of pyridine rings is 1. The summed E-state index contributed by atoms with van der Waals surface area (Å²) < 4.78 is 13.6. The zero-order chi connectivity index (χ0) is 16.7. The van der Waals surface area contributed by atoms with Crippen molar-refractivity contribution in [2.24, 2.45) is 0 Å². The molecule has 5 nitrogen and oxygen atoms in total. The van der Waals surface area contributed by atoms with Gasteiger partial charge in [0.15, 0.2) is 5.75 Å². The number of benzene rings is 1. The van der Waals surface area contributed by atoms with Crippen molar-refractivity contribution in [3.63, 3.8) is 0 Å². The SMILES string of the molecule is O=C1c2c(c(Br)[nH]c(=O)c2O)CCN1Cc1ccc(F)c(Cl)c1. The quantitative estimate of drug-likeness (QED) is 0.760. The summed E-state index contributed by atoms with van der Waals surface area (Å²) in [6.07, 6.45) is 0.473. The second-order valence-electron chi connectivity index (χ2n) is 5.20. The van der Waals surface area contributed by atoms with Crippen LogP contribution in [0.15, 0.2) is 27.6 Å². The van der Waals surface area contributed by atoms with Crippen LogP contribution >= 0.6 is 27.5 Å². The predicted octanol–water partition coefficient (Wildman–Crippen LogP) is 2.83. The molecule has 23 heavy (non-hydrogen) atoms. The van der Waals surface area contributed by atoms with Crippen molar-refractivity contribution in [3.8, 4) is 5.75 Å². The predicted molar refractivity (Wildman–Crippen MR) is 86.3 cm³/mol. The number of carbonyl (C=O) groups excluding carboxylic acids is 1. The van der Waals surface area contributed by atoms with Crippen molar-refractivity contribution < 1.29 is 14.3 Å². The third-order valence-corrected chi connectivity index (χ3v) is 4.70. The molecule has 8 heteroatoms. The van der Waals surface area contributed by atoms with Gasteiger partial charge in [0.05, 0.1) is 15.2 Å². The van der Waals surface area contributed by atoms with Crippen molar-refractivity contribution in [2.75, 3.05) is 6.54 Å². The van der Waals surface area contributed by atoms with Gasteiger partial charge in [0, 0.05) is 18.7 Å². The maximum absolute atomic E-state index is 13.2. The fraction of sp³-hybridized carbons (Fsp3) is 0.200. The highest BCUT2D eigenvalue weighted by Crippen LogP contribution is 2.29. The highest BCUT2D eigenvalue weighted by molar-refractivity contribution is 9.10. The molecule has 2 aromatic rings. The molecule has 0 fully saturated rings. The fourth-order valence-corrected chi connectivity index (χ4v) is 3.36. The third-order valence-electron chi connectivity index (χ3n) is 3.73. The number of rotatable bonds is 2. The van der Waals surface area contributed by atoms with E-state index in [0.717, 1.165) is 0 Å². The Morgan fingerprint density at radius 1 is 1.39 bits per heavy atom. The summed E-state index contributed by atoms with van der Waals surface area (Å²) in [5.41, 5.74) is 0.507. The summed E-state index contributed by atoms with van der Waals surface area (Å²) in [6.45, 7) is 0.618. The number of nitrogens with one attached hydrogen (secondary N) is 1. The number of halogens is 3. The van der Waals surface area contributed by atoms with E-state index in [4.69, 9.17) is 11.6 Å². The average molecular weight is 402 g/mol. The highest BCUT2D eigenvalue weighted by Gasteiger charge is 2.30. The van der Waals surface area contributed by atoms with Crippen LogP contribution in [0.2, 0.25) is 5.02 Å². The molecule has 1 aliphatic heterocycles. The van der Waals surface area contributed by atoms with Gasteiger partial charge in [-0.15, -0.1) is 0 Å². The summed E-state index contributed by atoms with van der Waals surface area (Å²) in [5, 5.41) is 9.90. The largest absolute Gasteiger partial charge is 0.502 e. The van der Waals surface area contributed by atoms with E-state index in [1.165, 1.54) is 23.1 Å². The first-order valence-corrected chi connectivity index (χ1v) is 7.92. The summed E-state index contributed by atoms with van der Waals surface area (Å²) in [7, 11) is 0. The number of aromatic amines is 1. The molecule has 0 spiro atoms. The van der Waals surface area contributed by atoms with Crippen molar-refractivity contribution in [3.05, 3.63) is 60.7 Å². The molecule has 1 aromatic carbocycles. The number of carbonyl (C=O) groups is 1. The fourth-order valence-electron chi connectivity index (χ4n) is 2.58. The van der Waals surface area contributed by atoms with Crippen molar-refractivity contribution in [2.45, 2.75) is 13.0 Å². The van der Waals surface area contributed by atoms with Crippen molar-refractivity contribution >= 4 is 33.4 Å². The minimum atomic E-state index is -0.726. The van der Waals surface area contributed by atoms with Crippen LogP contribution in [-0.4, -0.2) is 27.4 Å². The van der Waals surface area contributed by atoms with Gasteiger partial charge in [0.2, 0.25) is 0 Å². The third kappa shape index (κ3) is 2.86. The topological polar surface area (TPSA) is 73.4 Å². The first-order valence-electron chi connectivity index (χ1n) is 6.75. The summed E-state index contributed by atoms with van der Waals surface area (Å²) in [4.78, 5) is 28.2. The molecule has 120 valence electrons. The maximum atomic E-state index is 13.2. The Hall–Kier alpha value is -1.86. The van der Waals surface area contributed by atoms with Crippen molar-refractivity contribution in [1.82, 2.24) is 9.88 Å². The van der Waals surface area contributed by atoms with Crippen LogP contribution in [0.3, 0.4) is 0 Å². The van der Waals surface area contributed by atoms with Gasteiger partial charge in [-0.25, -0.2) is 4.39 Å². The number of nitrogens with zero attached hydrogens (tertiary/aromatic N) is 1. The molecule has 2 heterocycles. The standard InChI is InChI=1S/C15H11BrClFN2O3/c16-13-8-3-4-20(6-7-1-2-10(18)9(17)5-7)15(23)11(8)12(21)14(22)19-13/h1-2,5,21H,3-4,6H2,(H,19,22). The zero-order valence-electron chi connectivity index (χ0n) is 11.7. The molecule has 1 aliphatic rings. The Bertz CT molecular complexity index is 869. The van der Waals surface area contributed by atoms with Gasteiger partial charge in [0.25, 0.3) is 11.5 Å². The van der Waals surface area contributed by atoms with Gasteiger partial charge >= 0.3 is 0 Å². The molecule has 0 saturated carbocycles. The Labute approximate surface area is 143 Å². The van der Waals surface area contributed by atoms with Crippen LogP contribution in [-0.2, 0) is 13.0 Å². The first-order chi connectivity index (χ1) is 10.9. The number of H-pyrrole nitrogens is 1. The lowest BCUT2D eigenvalue weighted by Gasteiger charge is -2.29. The normalized spacial score (nSPS) is 14.0. The second-order valence-corrected chi connectivity index (χ2v) is 6.40. The van der Waals surface area contributed by atoms with E-state index in [1.54, 1.807) is 0 Å². The molecule has 3 rings (SSSR count). The van der Waals surface area contributed by atoms with E-state index < -0.39 is 23.0 Å². The van der Waals surface area contributed by atoms with Gasteiger partial charge < -0.3 is 15.0 Å². The number of fused-ring (bicyclic) bond motifs is 1. The molecular weight excluding hydrogens is 391 g/mol. The molecular formula is C15H11BrClFN2O3. The minimum absolute atomic E-state index is 0.0000774. The van der Waals surface area contributed by atoms with Gasteiger partial charge in [0.1, 0.15) is 5.82 Å². The number of hydrogen-bond donors (Lipinski definition) is 2. The molecule has 1 aromatic heterocycles. The van der Waals surface area contributed by atoms with Crippen molar-refractivity contribution in [1.29, 1.82) is 0 Å². The first kappa shape index (κ1) is 16.0. The van der Waals surface area contributed by atoms with Crippen LogP contribution in [0.1, 0.15) is 21.5 Å². The van der Waals surface area contributed by atoms with E-state index in [0.29, 0.717) is 28.7 Å². The highest BCUT2D eigenvalue weighted by atomic mass is 79.9. The van der Waals surface area contributed by atoms with Crippen LogP contribution in [0, 0.1) is 5.82 Å². The Morgan fingerprint density at radius 2 is 2.13 bits per heavy atom. The summed E-state index contributed by atoms with van der Waals surface area (Å²) in [6, 6.07) is 4.23. The van der Waals surface area contributed by atoms with Gasteiger partial charge in [-0.05, 0) is 40.0 Å². The molecule has 0 saturated heterocycles. The maximum Gasteiger partial charge on any atom is 0.291 e. The molecule has 2 N–H and O–H groups in total. The number of amides is 1. The van der Waals surface area contributed by atoms with E-state index in [9.17, 15) is 19.1 Å². The minimum Gasteiger partial charge on any atom is -0.502 e. The van der Waals surface area contributed by atoms with E-state index in [-0.39, 0.29) is 17.1 Å². The zero-order valence-corrected chi connectivity index (χ0v) is 14.0. The molecule has 0 aliphatic carbocycles. The molecule has 0 atom stereocenters. The molecule has 0 bridgehead atoms. The lowest BCUT2D eigenvalue weighted by molar-refractivity contribution is 0.0722. The van der Waals surface area contributed by atoms with Crippen LogP contribution < -0.4 is 5.56 Å². The van der Waals surface area contributed by atoms with Gasteiger partial charge in [-0.1, -0.05) is 17.7 Å². The molecule has 0 unspecified atom stereocenters. The number of hydrogen-bond acceptors (Lipinski definition) is 3. The summed E-state index contributed by atoms with van der Waals surface area (Å²) >= 11 is 8.95. The number of aromatic hydroxyl groups is 1. The smallest absolute Gasteiger partial charge is 0.291 e. The van der Waals surface area contributed by atoms with E-state index in [1.807, 2.05) is 0 Å². The Kier molecular flexibility index (Phi) is 4.16. The van der Waals surface area contributed by atoms with E-state index >= 15 is 0 Å². The molecule has 0 radical (unpaired) electrons. The van der Waals surface area contributed by atoms with Gasteiger partial charge in [-0.2, -0.15) is 0 Å². The number of aromatic nitrogens is 1. The molecule has 1 amide bonds.